The van der Waals surface area contributed by atoms with Crippen LogP contribution in [0.4, 0.5) is 0 Å². The summed E-state index contributed by atoms with van der Waals surface area (Å²) in [7, 11) is 0. The molecule has 2 heterocycles. The fourth-order valence-electron chi connectivity index (χ4n) is 2.35. The average Bonchev–Trinajstić information content (AvgIpc) is 3.35. The number of carboxylic acids is 1. The Kier molecular flexibility index (Phi) is 2.94. The number of esters is 1. The second-order valence-electron chi connectivity index (χ2n) is 5.36. The molecule has 2 aliphatic rings. The number of halogens is 1. The van der Waals surface area contributed by atoms with Crippen molar-refractivity contribution in [1.82, 2.24) is 7.06 Å². The number of carbonyl (C=O) groups is 2. The van der Waals surface area contributed by atoms with Crippen LogP contribution in [-0.4, -0.2) is 20.7 Å². The SMILES string of the molecule is CC(C(=O)Oc1ccc2cc(C(=O)O)ccc2c1)C12NI1N2. The van der Waals surface area contributed by atoms with E-state index in [0.29, 0.717) is 5.75 Å². The Morgan fingerprint density at radius 1 is 1.18 bits per heavy atom. The molecular weight excluding hydrogens is 399 g/mol. The van der Waals surface area contributed by atoms with Gasteiger partial charge in [-0.2, -0.15) is 0 Å². The number of hydrogen-bond acceptors (Lipinski definition) is 5. The van der Waals surface area contributed by atoms with Crippen LogP contribution in [0.25, 0.3) is 10.8 Å². The number of hydrogen-bond donors (Lipinski definition) is 3. The third-order valence-corrected chi connectivity index (χ3v) is 8.79. The van der Waals surface area contributed by atoms with Crippen LogP contribution in [0.3, 0.4) is 0 Å². The van der Waals surface area contributed by atoms with Gasteiger partial charge in [0.15, 0.2) is 0 Å². The van der Waals surface area contributed by atoms with E-state index < -0.39 is 26.3 Å². The van der Waals surface area contributed by atoms with Gasteiger partial charge in [-0.1, -0.05) is 0 Å². The van der Waals surface area contributed by atoms with Gasteiger partial charge in [0.25, 0.3) is 0 Å². The first-order chi connectivity index (χ1) is 10.5. The van der Waals surface area contributed by atoms with E-state index in [-0.39, 0.29) is 21.1 Å². The zero-order chi connectivity index (χ0) is 15.5. The Morgan fingerprint density at radius 2 is 1.82 bits per heavy atom. The number of rotatable bonds is 4. The third-order valence-electron chi connectivity index (χ3n) is 3.92. The summed E-state index contributed by atoms with van der Waals surface area (Å²) >= 11 is -1.15. The minimum absolute atomic E-state index is 0.0890. The molecule has 0 amide bonds. The number of ether oxygens (including phenoxy) is 1. The van der Waals surface area contributed by atoms with Gasteiger partial charge in [0.05, 0.1) is 0 Å². The summed E-state index contributed by atoms with van der Waals surface area (Å²) in [5.74, 6) is -0.925. The van der Waals surface area contributed by atoms with Gasteiger partial charge in [0, 0.05) is 0 Å². The van der Waals surface area contributed by atoms with E-state index in [1.54, 1.807) is 30.3 Å². The van der Waals surface area contributed by atoms with Crippen molar-refractivity contribution in [1.29, 1.82) is 0 Å². The topological polar surface area (TPSA) is 107 Å². The number of benzene rings is 2. The Balaban J connectivity index is 1.56. The van der Waals surface area contributed by atoms with Gasteiger partial charge in [-0.25, -0.2) is 0 Å². The van der Waals surface area contributed by atoms with Crippen LogP contribution in [0.1, 0.15) is 17.3 Å². The molecule has 1 atom stereocenters. The molecule has 0 spiro atoms. The number of carbonyl (C=O) groups excluding carboxylic acids is 1. The number of aromatic carboxylic acids is 1. The summed E-state index contributed by atoms with van der Waals surface area (Å²) in [4.78, 5) is 23.1. The second-order valence-corrected chi connectivity index (χ2v) is 9.75. The Bertz CT molecular complexity index is 816. The fourth-order valence-corrected chi connectivity index (χ4v) is 7.21. The number of alkyl halides is 1. The minimum atomic E-state index is -1.15. The summed E-state index contributed by atoms with van der Waals surface area (Å²) in [6.07, 6.45) is 0. The first-order valence-corrected chi connectivity index (χ1v) is 9.97. The van der Waals surface area contributed by atoms with E-state index in [0.717, 1.165) is 10.8 Å². The zero-order valence-electron chi connectivity index (χ0n) is 11.6. The molecule has 4 rings (SSSR count). The van der Waals surface area contributed by atoms with Crippen LogP contribution in [0.5, 0.6) is 5.75 Å². The standard InChI is InChI=1S/C15H13IN2O4/c1-8(15-16(17-15)18-15)14(21)22-12-5-4-9-6-11(13(19)20)3-2-10(9)7-12/h2-8,17-18H,1H3,(H,19,20). The van der Waals surface area contributed by atoms with Gasteiger partial charge in [0.1, 0.15) is 0 Å². The summed E-state index contributed by atoms with van der Waals surface area (Å²) in [5.41, 5.74) is 0.237. The number of nitrogens with one attached hydrogen (secondary N) is 2. The molecule has 0 saturated carbocycles. The number of carboxylic acid groups (broad SMARTS) is 1. The predicted molar refractivity (Wildman–Crippen MR) is 88.7 cm³/mol. The summed E-state index contributed by atoms with van der Waals surface area (Å²) in [6, 6.07) is 10.1. The quantitative estimate of drug-likeness (QED) is 0.135. The van der Waals surface area contributed by atoms with E-state index in [4.69, 9.17) is 9.84 Å². The second kappa shape index (κ2) is 4.64. The normalized spacial score (nSPS) is 20.1. The van der Waals surface area contributed by atoms with Crippen LogP contribution >= 0.6 is 20.4 Å². The van der Waals surface area contributed by atoms with Crippen LogP contribution in [0, 0.1) is 5.92 Å². The van der Waals surface area contributed by atoms with E-state index >= 15 is 0 Å². The molecule has 22 heavy (non-hydrogen) atoms. The molecule has 6 nitrogen and oxygen atoms in total. The Labute approximate surface area is 133 Å². The van der Waals surface area contributed by atoms with Crippen LogP contribution in [0.2, 0.25) is 0 Å². The molecule has 0 bridgehead atoms. The van der Waals surface area contributed by atoms with Gasteiger partial charge in [-0.3, -0.25) is 0 Å². The van der Waals surface area contributed by atoms with Crippen molar-refractivity contribution in [3.63, 3.8) is 0 Å². The molecule has 2 aliphatic heterocycles. The van der Waals surface area contributed by atoms with Gasteiger partial charge in [-0.05, 0) is 0 Å². The molecule has 2 saturated heterocycles. The molecule has 2 fully saturated rings. The summed E-state index contributed by atoms with van der Waals surface area (Å²) in [6.45, 7) is 1.87. The van der Waals surface area contributed by atoms with Crippen molar-refractivity contribution < 1.29 is 19.4 Å². The zero-order valence-corrected chi connectivity index (χ0v) is 13.7. The monoisotopic (exact) mass is 412 g/mol. The molecule has 1 unspecified atom stereocenters. The molecule has 0 aliphatic carbocycles. The predicted octanol–water partition coefficient (Wildman–Crippen LogP) is 2.28. The fraction of sp³-hybridized carbons (Fsp3) is 0.200. The molecule has 7 heteroatoms. The van der Waals surface area contributed by atoms with E-state index in [1.165, 1.54) is 6.07 Å². The number of fused-ring (bicyclic) bond motifs is 2. The van der Waals surface area contributed by atoms with Crippen molar-refractivity contribution in [2.45, 2.75) is 10.6 Å². The van der Waals surface area contributed by atoms with Crippen LogP contribution in [-0.2, 0) is 4.79 Å². The van der Waals surface area contributed by atoms with Crippen molar-refractivity contribution in [2.75, 3.05) is 0 Å². The van der Waals surface area contributed by atoms with Gasteiger partial charge in [0.2, 0.25) is 0 Å². The molecule has 2 aromatic carbocycles. The molecule has 2 aromatic rings. The molecule has 3 N–H and O–H groups in total. The molecule has 114 valence electrons. The van der Waals surface area contributed by atoms with E-state index in [2.05, 4.69) is 7.06 Å². The van der Waals surface area contributed by atoms with Gasteiger partial charge in [-0.15, -0.1) is 0 Å². The summed E-state index contributed by atoms with van der Waals surface area (Å²) in [5, 5.41) is 10.6. The maximum absolute atomic E-state index is 12.2. The van der Waals surface area contributed by atoms with Gasteiger partial charge >= 0.3 is 134 Å². The van der Waals surface area contributed by atoms with Gasteiger partial charge < -0.3 is 0 Å². The van der Waals surface area contributed by atoms with Crippen molar-refractivity contribution in [3.05, 3.63) is 42.0 Å². The molecular formula is C15H13IN2O4. The van der Waals surface area contributed by atoms with Crippen LogP contribution < -0.4 is 11.8 Å². The van der Waals surface area contributed by atoms with Crippen molar-refractivity contribution in [2.24, 2.45) is 5.92 Å². The molecule has 0 radical (unpaired) electrons. The third kappa shape index (κ3) is 2.16. The first-order valence-electron chi connectivity index (χ1n) is 6.74. The first kappa shape index (κ1) is 13.9. The summed E-state index contributed by atoms with van der Waals surface area (Å²) < 4.78 is 12.0. The Hall–Kier alpha value is -1.71. The Morgan fingerprint density at radius 3 is 2.45 bits per heavy atom. The maximum atomic E-state index is 12.2. The molecule has 0 aromatic heterocycles. The van der Waals surface area contributed by atoms with E-state index in [9.17, 15) is 9.59 Å². The average molecular weight is 412 g/mol. The van der Waals surface area contributed by atoms with E-state index in [1.807, 2.05) is 6.92 Å². The van der Waals surface area contributed by atoms with Crippen molar-refractivity contribution in [3.8, 4) is 5.75 Å². The van der Waals surface area contributed by atoms with Crippen molar-refractivity contribution >= 4 is 43.1 Å². The van der Waals surface area contributed by atoms with Crippen LogP contribution in [0.15, 0.2) is 36.4 Å².